The Hall–Kier alpha value is -0.900. The van der Waals surface area contributed by atoms with E-state index < -0.39 is 0 Å². The Morgan fingerprint density at radius 1 is 1.73 bits per heavy atom. The summed E-state index contributed by atoms with van der Waals surface area (Å²) in [4.78, 5) is 4.03. The molecule has 1 aromatic rings. The van der Waals surface area contributed by atoms with E-state index in [-0.39, 0.29) is 0 Å². The van der Waals surface area contributed by atoms with Crippen LogP contribution in [-0.4, -0.2) is 11.2 Å². The number of rotatable bonds is 3. The molecule has 1 aromatic heterocycles. The van der Waals surface area contributed by atoms with Crippen LogP contribution in [0.25, 0.3) is 0 Å². The summed E-state index contributed by atoms with van der Waals surface area (Å²) >= 11 is 1.56. The summed E-state index contributed by atoms with van der Waals surface area (Å²) in [5.74, 6) is 0.725. The van der Waals surface area contributed by atoms with Gasteiger partial charge in [-0.3, -0.25) is 5.43 Å². The summed E-state index contributed by atoms with van der Waals surface area (Å²) in [5.41, 5.74) is 2.87. The molecule has 0 radical (unpaired) electrons. The molecule has 1 aliphatic carbocycles. The molecule has 1 saturated carbocycles. The van der Waals surface area contributed by atoms with Crippen molar-refractivity contribution in [2.24, 2.45) is 11.0 Å². The first-order valence-electron chi connectivity index (χ1n) is 3.64. The van der Waals surface area contributed by atoms with Crippen molar-refractivity contribution in [3.8, 4) is 0 Å². The predicted molar refractivity (Wildman–Crippen MR) is 47.0 cm³/mol. The summed E-state index contributed by atoms with van der Waals surface area (Å²) in [6, 6.07) is 0. The quantitative estimate of drug-likeness (QED) is 0.552. The highest BCUT2D eigenvalue weighted by atomic mass is 32.1. The highest BCUT2D eigenvalue weighted by molar-refractivity contribution is 7.13. The minimum Gasteiger partial charge on any atom is -0.253 e. The lowest BCUT2D eigenvalue weighted by Crippen LogP contribution is -1.88. The molecule has 1 fully saturated rings. The number of hydrazone groups is 1. The van der Waals surface area contributed by atoms with Gasteiger partial charge >= 0.3 is 0 Å². The lowest BCUT2D eigenvalue weighted by molar-refractivity contribution is 1.19. The second-order valence-electron chi connectivity index (χ2n) is 2.56. The average Bonchev–Trinajstić information content (AvgIpc) is 2.66. The molecule has 1 N–H and O–H groups in total. The van der Waals surface area contributed by atoms with Crippen molar-refractivity contribution in [2.75, 3.05) is 5.43 Å². The lowest BCUT2D eigenvalue weighted by Gasteiger charge is -1.89. The zero-order valence-corrected chi connectivity index (χ0v) is 6.84. The van der Waals surface area contributed by atoms with Gasteiger partial charge in [0.25, 0.3) is 0 Å². The first-order chi connectivity index (χ1) is 5.45. The summed E-state index contributed by atoms with van der Waals surface area (Å²) in [5, 5.41) is 6.84. The van der Waals surface area contributed by atoms with E-state index in [1.807, 2.05) is 11.6 Å². The number of anilines is 1. The Balaban J connectivity index is 1.81. The summed E-state index contributed by atoms with van der Waals surface area (Å²) in [6.07, 6.45) is 6.31. The molecule has 11 heavy (non-hydrogen) atoms. The highest BCUT2D eigenvalue weighted by Gasteiger charge is 2.18. The van der Waals surface area contributed by atoms with Crippen LogP contribution in [0, 0.1) is 5.92 Å². The maximum Gasteiger partial charge on any atom is 0.203 e. The molecule has 0 atom stereocenters. The fourth-order valence-corrected chi connectivity index (χ4v) is 1.20. The number of nitrogens with one attached hydrogen (secondary N) is 1. The van der Waals surface area contributed by atoms with E-state index >= 15 is 0 Å². The number of thiazole rings is 1. The van der Waals surface area contributed by atoms with Crippen molar-refractivity contribution < 1.29 is 0 Å². The third-order valence-corrected chi connectivity index (χ3v) is 2.18. The average molecular weight is 167 g/mol. The van der Waals surface area contributed by atoms with E-state index in [1.165, 1.54) is 12.8 Å². The summed E-state index contributed by atoms with van der Waals surface area (Å²) < 4.78 is 0. The van der Waals surface area contributed by atoms with Crippen LogP contribution in [0.15, 0.2) is 16.7 Å². The first-order valence-corrected chi connectivity index (χ1v) is 4.52. The van der Waals surface area contributed by atoms with Gasteiger partial charge in [0, 0.05) is 17.8 Å². The minimum absolute atomic E-state index is 0.725. The van der Waals surface area contributed by atoms with Gasteiger partial charge in [-0.2, -0.15) is 5.10 Å². The maximum atomic E-state index is 4.05. The van der Waals surface area contributed by atoms with Crippen LogP contribution in [0.5, 0.6) is 0 Å². The molecule has 0 aliphatic heterocycles. The Kier molecular flexibility index (Phi) is 1.85. The van der Waals surface area contributed by atoms with Gasteiger partial charge in [-0.15, -0.1) is 11.3 Å². The van der Waals surface area contributed by atoms with Crippen LogP contribution >= 0.6 is 11.3 Å². The van der Waals surface area contributed by atoms with Crippen LogP contribution in [-0.2, 0) is 0 Å². The Morgan fingerprint density at radius 2 is 2.64 bits per heavy atom. The van der Waals surface area contributed by atoms with Crippen molar-refractivity contribution >= 4 is 22.7 Å². The van der Waals surface area contributed by atoms with E-state index in [0.717, 1.165) is 11.0 Å². The third kappa shape index (κ3) is 2.01. The van der Waals surface area contributed by atoms with Crippen LogP contribution in [0.4, 0.5) is 5.13 Å². The number of hydrogen-bond acceptors (Lipinski definition) is 4. The summed E-state index contributed by atoms with van der Waals surface area (Å²) in [6.45, 7) is 0. The van der Waals surface area contributed by atoms with E-state index in [9.17, 15) is 0 Å². The Bertz CT molecular complexity index is 238. The van der Waals surface area contributed by atoms with Crippen LogP contribution in [0.2, 0.25) is 0 Å². The van der Waals surface area contributed by atoms with Crippen molar-refractivity contribution in [2.45, 2.75) is 12.8 Å². The smallest absolute Gasteiger partial charge is 0.203 e. The van der Waals surface area contributed by atoms with E-state index in [2.05, 4.69) is 15.5 Å². The van der Waals surface area contributed by atoms with Crippen LogP contribution < -0.4 is 5.43 Å². The highest BCUT2D eigenvalue weighted by Crippen LogP contribution is 2.26. The number of hydrogen-bond donors (Lipinski definition) is 1. The second-order valence-corrected chi connectivity index (χ2v) is 3.46. The van der Waals surface area contributed by atoms with Gasteiger partial charge in [-0.05, 0) is 18.8 Å². The largest absolute Gasteiger partial charge is 0.253 e. The fraction of sp³-hybridized carbons (Fsp3) is 0.429. The van der Waals surface area contributed by atoms with Gasteiger partial charge in [0.1, 0.15) is 0 Å². The van der Waals surface area contributed by atoms with Gasteiger partial charge in [0.05, 0.1) is 0 Å². The Labute approximate surface area is 69.2 Å². The van der Waals surface area contributed by atoms with Gasteiger partial charge in [0.2, 0.25) is 5.13 Å². The Morgan fingerprint density at radius 3 is 3.27 bits per heavy atom. The van der Waals surface area contributed by atoms with Crippen LogP contribution in [0.1, 0.15) is 12.8 Å². The van der Waals surface area contributed by atoms with E-state index in [0.29, 0.717) is 0 Å². The molecule has 1 aliphatic rings. The molecule has 0 amide bonds. The van der Waals surface area contributed by atoms with Gasteiger partial charge < -0.3 is 0 Å². The van der Waals surface area contributed by atoms with Crippen molar-refractivity contribution in [3.63, 3.8) is 0 Å². The first kappa shape index (κ1) is 6.79. The van der Waals surface area contributed by atoms with Crippen LogP contribution in [0.3, 0.4) is 0 Å². The third-order valence-electron chi connectivity index (χ3n) is 1.50. The molecular formula is C7H9N3S. The van der Waals surface area contributed by atoms with Crippen molar-refractivity contribution in [1.82, 2.24) is 4.98 Å². The number of aromatic nitrogens is 1. The molecule has 0 bridgehead atoms. The molecule has 3 nitrogen and oxygen atoms in total. The molecule has 0 spiro atoms. The topological polar surface area (TPSA) is 37.3 Å². The van der Waals surface area contributed by atoms with Gasteiger partial charge in [0.15, 0.2) is 0 Å². The van der Waals surface area contributed by atoms with Crippen molar-refractivity contribution in [1.29, 1.82) is 0 Å². The maximum absolute atomic E-state index is 4.05. The predicted octanol–water partition coefficient (Wildman–Crippen LogP) is 1.95. The fourth-order valence-electron chi connectivity index (χ4n) is 0.722. The second kappa shape index (κ2) is 3.00. The molecule has 0 aromatic carbocycles. The molecule has 2 rings (SSSR count). The SMILES string of the molecule is C(=NNc1nccs1)C1CC1. The molecule has 58 valence electrons. The normalized spacial score (nSPS) is 17.5. The molecule has 0 saturated heterocycles. The standard InChI is InChI=1S/C7H9N3S/c1-2-6(1)5-9-10-7-8-3-4-11-7/h3-6H,1-2H2,(H,8,10). The van der Waals surface area contributed by atoms with Gasteiger partial charge in [-0.1, -0.05) is 0 Å². The number of nitrogens with zero attached hydrogens (tertiary/aromatic N) is 2. The molecule has 1 heterocycles. The summed E-state index contributed by atoms with van der Waals surface area (Å²) in [7, 11) is 0. The monoisotopic (exact) mass is 167 g/mol. The minimum atomic E-state index is 0.725. The zero-order chi connectivity index (χ0) is 7.52. The zero-order valence-electron chi connectivity index (χ0n) is 6.03. The molecule has 0 unspecified atom stereocenters. The molecule has 4 heteroatoms. The van der Waals surface area contributed by atoms with Gasteiger partial charge in [-0.25, -0.2) is 4.98 Å². The molecular weight excluding hydrogens is 158 g/mol. The van der Waals surface area contributed by atoms with Crippen molar-refractivity contribution in [3.05, 3.63) is 11.6 Å². The van der Waals surface area contributed by atoms with E-state index in [4.69, 9.17) is 0 Å². The lowest BCUT2D eigenvalue weighted by atomic mass is 10.5. The van der Waals surface area contributed by atoms with E-state index in [1.54, 1.807) is 17.5 Å².